The molecule has 1 fully saturated rings. The summed E-state index contributed by atoms with van der Waals surface area (Å²) in [5.74, 6) is -0.258. The largest absolute Gasteiger partial charge is 0.397 e. The summed E-state index contributed by atoms with van der Waals surface area (Å²) < 4.78 is 18.5. The molecule has 1 saturated heterocycles. The number of nitrogens with one attached hydrogen (secondary N) is 1. The minimum absolute atomic E-state index is 0.258. The first-order chi connectivity index (χ1) is 8.66. The van der Waals surface area contributed by atoms with Gasteiger partial charge in [0.25, 0.3) is 0 Å². The van der Waals surface area contributed by atoms with E-state index in [1.165, 1.54) is 6.07 Å². The van der Waals surface area contributed by atoms with E-state index in [1.54, 1.807) is 13.0 Å². The van der Waals surface area contributed by atoms with Crippen LogP contribution in [0, 0.1) is 12.7 Å². The van der Waals surface area contributed by atoms with Crippen LogP contribution in [0.4, 0.5) is 15.8 Å². The van der Waals surface area contributed by atoms with Gasteiger partial charge >= 0.3 is 0 Å². The average molecular weight is 253 g/mol. The molecule has 0 aliphatic carbocycles. The summed E-state index contributed by atoms with van der Waals surface area (Å²) in [6.45, 7) is 7.03. The van der Waals surface area contributed by atoms with Crippen LogP contribution in [-0.2, 0) is 4.74 Å². The van der Waals surface area contributed by atoms with E-state index in [0.717, 1.165) is 45.1 Å². The van der Waals surface area contributed by atoms with Crippen LogP contribution in [0.2, 0.25) is 0 Å². The molecule has 1 aromatic carbocycles. The van der Waals surface area contributed by atoms with Crippen molar-refractivity contribution in [2.75, 3.05) is 50.4 Å². The first kappa shape index (κ1) is 13.1. The van der Waals surface area contributed by atoms with Gasteiger partial charge in [-0.15, -0.1) is 0 Å². The monoisotopic (exact) mass is 253 g/mol. The molecule has 1 heterocycles. The number of nitrogens with zero attached hydrogens (tertiary/aromatic N) is 1. The summed E-state index contributed by atoms with van der Waals surface area (Å²) in [5, 5.41) is 3.25. The Morgan fingerprint density at radius 2 is 2.11 bits per heavy atom. The number of aryl methyl sites for hydroxylation is 1. The molecule has 0 saturated carbocycles. The first-order valence-corrected chi connectivity index (χ1v) is 6.26. The van der Waals surface area contributed by atoms with E-state index in [0.29, 0.717) is 11.3 Å². The Labute approximate surface area is 107 Å². The molecule has 1 aliphatic rings. The lowest BCUT2D eigenvalue weighted by molar-refractivity contribution is 0.0398. The third-order valence-corrected chi connectivity index (χ3v) is 3.18. The molecule has 0 bridgehead atoms. The average Bonchev–Trinajstić information content (AvgIpc) is 2.37. The van der Waals surface area contributed by atoms with E-state index < -0.39 is 0 Å². The molecule has 0 spiro atoms. The molecule has 2 rings (SSSR count). The van der Waals surface area contributed by atoms with Crippen molar-refractivity contribution in [2.45, 2.75) is 6.92 Å². The molecule has 5 heteroatoms. The highest BCUT2D eigenvalue weighted by atomic mass is 19.1. The zero-order valence-corrected chi connectivity index (χ0v) is 10.7. The fourth-order valence-corrected chi connectivity index (χ4v) is 2.02. The number of hydrogen-bond donors (Lipinski definition) is 2. The van der Waals surface area contributed by atoms with Crippen molar-refractivity contribution in [2.24, 2.45) is 0 Å². The summed E-state index contributed by atoms with van der Waals surface area (Å²) in [6.07, 6.45) is 0. The van der Waals surface area contributed by atoms with Gasteiger partial charge in [0.1, 0.15) is 5.82 Å². The van der Waals surface area contributed by atoms with Crippen molar-refractivity contribution < 1.29 is 9.13 Å². The summed E-state index contributed by atoms with van der Waals surface area (Å²) in [4.78, 5) is 2.34. The Morgan fingerprint density at radius 1 is 1.39 bits per heavy atom. The minimum atomic E-state index is -0.258. The third kappa shape index (κ3) is 3.34. The maximum atomic E-state index is 13.2. The molecule has 100 valence electrons. The van der Waals surface area contributed by atoms with Crippen molar-refractivity contribution in [1.29, 1.82) is 0 Å². The van der Waals surface area contributed by atoms with E-state index in [2.05, 4.69) is 10.2 Å². The number of nitrogens with two attached hydrogens (primary N) is 1. The number of hydrogen-bond acceptors (Lipinski definition) is 4. The molecule has 0 amide bonds. The standard InChI is InChI=1S/C13H20FN3O/c1-10-8-13(12(15)9-11(10)14)16-2-3-17-4-6-18-7-5-17/h8-9,16H,2-7,15H2,1H3. The first-order valence-electron chi connectivity index (χ1n) is 6.26. The topological polar surface area (TPSA) is 50.5 Å². The van der Waals surface area contributed by atoms with E-state index in [1.807, 2.05) is 0 Å². The van der Waals surface area contributed by atoms with Crippen LogP contribution in [0.15, 0.2) is 12.1 Å². The molecule has 0 unspecified atom stereocenters. The van der Waals surface area contributed by atoms with Crippen molar-refractivity contribution >= 4 is 11.4 Å². The highest BCUT2D eigenvalue weighted by molar-refractivity contribution is 5.67. The van der Waals surface area contributed by atoms with E-state index in [4.69, 9.17) is 10.5 Å². The Kier molecular flexibility index (Phi) is 4.38. The summed E-state index contributed by atoms with van der Waals surface area (Å²) in [5.41, 5.74) is 7.65. The summed E-state index contributed by atoms with van der Waals surface area (Å²) >= 11 is 0. The van der Waals surface area contributed by atoms with Gasteiger partial charge in [-0.2, -0.15) is 0 Å². The third-order valence-electron chi connectivity index (χ3n) is 3.18. The van der Waals surface area contributed by atoms with Crippen LogP contribution in [0.1, 0.15) is 5.56 Å². The van der Waals surface area contributed by atoms with Crippen molar-refractivity contribution in [3.8, 4) is 0 Å². The number of halogens is 1. The number of ether oxygens (including phenoxy) is 1. The number of benzene rings is 1. The zero-order valence-electron chi connectivity index (χ0n) is 10.7. The van der Waals surface area contributed by atoms with E-state index >= 15 is 0 Å². The van der Waals surface area contributed by atoms with Gasteiger partial charge in [-0.05, 0) is 24.6 Å². The van der Waals surface area contributed by atoms with Crippen LogP contribution in [0.5, 0.6) is 0 Å². The summed E-state index contributed by atoms with van der Waals surface area (Å²) in [6, 6.07) is 3.12. The normalized spacial score (nSPS) is 16.8. The lowest BCUT2D eigenvalue weighted by Crippen LogP contribution is -2.39. The molecule has 3 N–H and O–H groups in total. The van der Waals surface area contributed by atoms with Crippen molar-refractivity contribution in [1.82, 2.24) is 4.90 Å². The number of morpholine rings is 1. The molecular weight excluding hydrogens is 233 g/mol. The second-order valence-corrected chi connectivity index (χ2v) is 4.57. The smallest absolute Gasteiger partial charge is 0.128 e. The van der Waals surface area contributed by atoms with Crippen LogP contribution >= 0.6 is 0 Å². The Hall–Kier alpha value is -1.33. The van der Waals surface area contributed by atoms with Crippen LogP contribution in [0.3, 0.4) is 0 Å². The SMILES string of the molecule is Cc1cc(NCCN2CCOCC2)c(N)cc1F. The fourth-order valence-electron chi connectivity index (χ4n) is 2.02. The predicted octanol–water partition coefficient (Wildman–Crippen LogP) is 1.46. The molecule has 4 nitrogen and oxygen atoms in total. The molecule has 1 aliphatic heterocycles. The van der Waals surface area contributed by atoms with E-state index in [-0.39, 0.29) is 5.82 Å². The predicted molar refractivity (Wildman–Crippen MR) is 71.3 cm³/mol. The molecule has 18 heavy (non-hydrogen) atoms. The second-order valence-electron chi connectivity index (χ2n) is 4.57. The Balaban J connectivity index is 1.84. The van der Waals surface area contributed by atoms with Gasteiger partial charge in [-0.1, -0.05) is 0 Å². The van der Waals surface area contributed by atoms with Gasteiger partial charge in [-0.25, -0.2) is 4.39 Å². The van der Waals surface area contributed by atoms with Gasteiger partial charge in [0.2, 0.25) is 0 Å². The number of anilines is 2. The van der Waals surface area contributed by atoms with Gasteiger partial charge < -0.3 is 15.8 Å². The lowest BCUT2D eigenvalue weighted by Gasteiger charge is -2.26. The van der Waals surface area contributed by atoms with Crippen LogP contribution in [-0.4, -0.2) is 44.3 Å². The van der Waals surface area contributed by atoms with Crippen molar-refractivity contribution in [3.05, 3.63) is 23.5 Å². The maximum Gasteiger partial charge on any atom is 0.128 e. The van der Waals surface area contributed by atoms with Crippen LogP contribution < -0.4 is 11.1 Å². The molecule has 0 atom stereocenters. The number of nitrogen functional groups attached to an aromatic ring is 1. The lowest BCUT2D eigenvalue weighted by atomic mass is 10.2. The Bertz CT molecular complexity index is 405. The fraction of sp³-hybridized carbons (Fsp3) is 0.538. The highest BCUT2D eigenvalue weighted by Gasteiger charge is 2.10. The summed E-state index contributed by atoms with van der Waals surface area (Å²) in [7, 11) is 0. The van der Waals surface area contributed by atoms with Crippen LogP contribution in [0.25, 0.3) is 0 Å². The highest BCUT2D eigenvalue weighted by Crippen LogP contribution is 2.22. The van der Waals surface area contributed by atoms with Gasteiger partial charge in [0, 0.05) is 26.2 Å². The van der Waals surface area contributed by atoms with Gasteiger partial charge in [-0.3, -0.25) is 4.90 Å². The Morgan fingerprint density at radius 3 is 2.83 bits per heavy atom. The van der Waals surface area contributed by atoms with Gasteiger partial charge in [0.05, 0.1) is 24.6 Å². The maximum absolute atomic E-state index is 13.2. The quantitative estimate of drug-likeness (QED) is 0.798. The zero-order chi connectivity index (χ0) is 13.0. The molecule has 0 aromatic heterocycles. The van der Waals surface area contributed by atoms with Gasteiger partial charge in [0.15, 0.2) is 0 Å². The second kappa shape index (κ2) is 6.02. The molecule has 0 radical (unpaired) electrons. The van der Waals surface area contributed by atoms with E-state index in [9.17, 15) is 4.39 Å². The minimum Gasteiger partial charge on any atom is -0.397 e. The molecular formula is C13H20FN3O. The van der Waals surface area contributed by atoms with Crippen molar-refractivity contribution in [3.63, 3.8) is 0 Å². The number of rotatable bonds is 4. The molecule has 1 aromatic rings.